The molecule has 64 valence electrons. The van der Waals surface area contributed by atoms with Crippen LogP contribution in [0.2, 0.25) is 0 Å². The summed E-state index contributed by atoms with van der Waals surface area (Å²) >= 11 is 3.91. The standard InChI is InChI=1S/C10H6FNS/c11-10-4-3-8(2-1-5-13)6-9(10)7-12/h3-4,6,13H,5H2. The molecule has 0 unspecified atom stereocenters. The molecule has 0 saturated carbocycles. The minimum atomic E-state index is -0.515. The van der Waals surface area contributed by atoms with Gasteiger partial charge in [-0.25, -0.2) is 4.39 Å². The van der Waals surface area contributed by atoms with Gasteiger partial charge in [0.2, 0.25) is 0 Å². The van der Waals surface area contributed by atoms with Crippen molar-refractivity contribution in [1.82, 2.24) is 0 Å². The van der Waals surface area contributed by atoms with E-state index in [0.29, 0.717) is 11.3 Å². The summed E-state index contributed by atoms with van der Waals surface area (Å²) in [6.45, 7) is 0. The van der Waals surface area contributed by atoms with Crippen LogP contribution in [0.1, 0.15) is 11.1 Å². The predicted molar refractivity (Wildman–Crippen MR) is 51.8 cm³/mol. The Balaban J connectivity index is 3.08. The number of thiol groups is 1. The third-order valence-electron chi connectivity index (χ3n) is 1.40. The van der Waals surface area contributed by atoms with E-state index in [9.17, 15) is 4.39 Å². The average molecular weight is 191 g/mol. The van der Waals surface area contributed by atoms with Crippen LogP contribution in [0, 0.1) is 29.0 Å². The number of rotatable bonds is 0. The zero-order valence-corrected chi connectivity index (χ0v) is 7.61. The Labute approximate surface area is 81.6 Å². The van der Waals surface area contributed by atoms with Crippen molar-refractivity contribution in [3.05, 3.63) is 35.1 Å². The first-order valence-corrected chi connectivity index (χ1v) is 4.20. The van der Waals surface area contributed by atoms with Crippen LogP contribution in [0.4, 0.5) is 4.39 Å². The number of halogens is 1. The lowest BCUT2D eigenvalue weighted by Crippen LogP contribution is -1.84. The predicted octanol–water partition coefficient (Wildman–Crippen LogP) is 1.98. The number of benzene rings is 1. The minimum absolute atomic E-state index is 0.0194. The molecule has 0 aliphatic carbocycles. The van der Waals surface area contributed by atoms with Crippen molar-refractivity contribution < 1.29 is 4.39 Å². The summed E-state index contributed by atoms with van der Waals surface area (Å²) in [5.41, 5.74) is 0.651. The second kappa shape index (κ2) is 4.54. The van der Waals surface area contributed by atoms with Crippen molar-refractivity contribution in [2.45, 2.75) is 0 Å². The summed E-state index contributed by atoms with van der Waals surface area (Å²) in [5, 5.41) is 8.52. The molecular weight excluding hydrogens is 185 g/mol. The summed E-state index contributed by atoms with van der Waals surface area (Å²) in [7, 11) is 0. The summed E-state index contributed by atoms with van der Waals surface area (Å²) in [6.07, 6.45) is 0. The molecule has 0 aromatic heterocycles. The van der Waals surface area contributed by atoms with Gasteiger partial charge in [-0.3, -0.25) is 0 Å². The van der Waals surface area contributed by atoms with Gasteiger partial charge in [0.25, 0.3) is 0 Å². The van der Waals surface area contributed by atoms with Crippen LogP contribution < -0.4 is 0 Å². The largest absolute Gasteiger partial charge is 0.206 e. The van der Waals surface area contributed by atoms with Gasteiger partial charge in [-0.15, -0.1) is 0 Å². The minimum Gasteiger partial charge on any atom is -0.206 e. The third kappa shape index (κ3) is 2.50. The van der Waals surface area contributed by atoms with Crippen LogP contribution in [-0.4, -0.2) is 5.75 Å². The smallest absolute Gasteiger partial charge is 0.141 e. The Hall–Kier alpha value is -1.45. The van der Waals surface area contributed by atoms with Crippen molar-refractivity contribution in [3.8, 4) is 17.9 Å². The Morgan fingerprint density at radius 3 is 2.85 bits per heavy atom. The summed E-state index contributed by atoms with van der Waals surface area (Å²) in [5.74, 6) is 5.40. The molecule has 0 amide bonds. The number of hydrogen-bond acceptors (Lipinski definition) is 2. The Kier molecular flexibility index (Phi) is 3.37. The van der Waals surface area contributed by atoms with Crippen molar-refractivity contribution >= 4 is 12.6 Å². The van der Waals surface area contributed by atoms with Gasteiger partial charge in [0.15, 0.2) is 0 Å². The molecule has 0 aliphatic rings. The molecule has 1 aromatic carbocycles. The van der Waals surface area contributed by atoms with E-state index < -0.39 is 5.82 Å². The molecule has 0 atom stereocenters. The Morgan fingerprint density at radius 1 is 1.46 bits per heavy atom. The van der Waals surface area contributed by atoms with Gasteiger partial charge in [0.05, 0.1) is 11.3 Å². The van der Waals surface area contributed by atoms with Gasteiger partial charge in [-0.05, 0) is 18.2 Å². The van der Waals surface area contributed by atoms with Gasteiger partial charge >= 0.3 is 0 Å². The van der Waals surface area contributed by atoms with E-state index in [1.807, 2.05) is 0 Å². The highest BCUT2D eigenvalue weighted by Crippen LogP contribution is 2.08. The van der Waals surface area contributed by atoms with Crippen molar-refractivity contribution in [2.24, 2.45) is 0 Å². The lowest BCUT2D eigenvalue weighted by atomic mass is 10.1. The molecule has 0 fully saturated rings. The molecular formula is C10H6FNS. The summed E-state index contributed by atoms with van der Waals surface area (Å²) in [6, 6.07) is 5.94. The van der Waals surface area contributed by atoms with E-state index in [4.69, 9.17) is 5.26 Å². The first-order valence-electron chi connectivity index (χ1n) is 3.57. The molecule has 1 aromatic rings. The van der Waals surface area contributed by atoms with E-state index >= 15 is 0 Å². The number of hydrogen-bond donors (Lipinski definition) is 1. The monoisotopic (exact) mass is 191 g/mol. The second-order valence-electron chi connectivity index (χ2n) is 2.27. The Morgan fingerprint density at radius 2 is 2.23 bits per heavy atom. The van der Waals surface area contributed by atoms with Crippen molar-refractivity contribution in [3.63, 3.8) is 0 Å². The van der Waals surface area contributed by atoms with E-state index in [1.165, 1.54) is 18.2 Å². The number of nitriles is 1. The molecule has 0 N–H and O–H groups in total. The molecule has 1 rings (SSSR count). The summed E-state index contributed by atoms with van der Waals surface area (Å²) < 4.78 is 12.8. The topological polar surface area (TPSA) is 23.8 Å². The molecule has 0 radical (unpaired) electrons. The van der Waals surface area contributed by atoms with Crippen LogP contribution in [0.5, 0.6) is 0 Å². The van der Waals surface area contributed by atoms with E-state index in [0.717, 1.165) is 0 Å². The fraction of sp³-hybridized carbons (Fsp3) is 0.100. The molecule has 0 aliphatic heterocycles. The first kappa shape index (κ1) is 9.64. The van der Waals surface area contributed by atoms with Crippen LogP contribution in [0.25, 0.3) is 0 Å². The van der Waals surface area contributed by atoms with Gasteiger partial charge < -0.3 is 0 Å². The second-order valence-corrected chi connectivity index (χ2v) is 2.58. The Bertz CT molecular complexity index is 409. The number of nitrogens with zero attached hydrogens (tertiary/aromatic N) is 1. The maximum absolute atomic E-state index is 12.8. The highest BCUT2D eigenvalue weighted by Gasteiger charge is 1.99. The third-order valence-corrected chi connectivity index (χ3v) is 1.56. The van der Waals surface area contributed by atoms with Gasteiger partial charge in [0.1, 0.15) is 11.9 Å². The molecule has 0 heterocycles. The van der Waals surface area contributed by atoms with E-state index in [2.05, 4.69) is 24.5 Å². The summed E-state index contributed by atoms with van der Waals surface area (Å²) in [4.78, 5) is 0. The van der Waals surface area contributed by atoms with Crippen LogP contribution in [-0.2, 0) is 0 Å². The van der Waals surface area contributed by atoms with Crippen LogP contribution >= 0.6 is 12.6 Å². The highest BCUT2D eigenvalue weighted by molar-refractivity contribution is 7.80. The fourth-order valence-electron chi connectivity index (χ4n) is 0.830. The van der Waals surface area contributed by atoms with Gasteiger partial charge in [0, 0.05) is 5.56 Å². The van der Waals surface area contributed by atoms with Crippen LogP contribution in [0.3, 0.4) is 0 Å². The van der Waals surface area contributed by atoms with Crippen LogP contribution in [0.15, 0.2) is 18.2 Å². The molecule has 3 heteroatoms. The fourth-order valence-corrected chi connectivity index (χ4v) is 0.909. The molecule has 0 bridgehead atoms. The maximum atomic E-state index is 12.8. The van der Waals surface area contributed by atoms with E-state index in [1.54, 1.807) is 6.07 Å². The quantitative estimate of drug-likeness (QED) is 0.492. The lowest BCUT2D eigenvalue weighted by Gasteiger charge is -1.93. The average Bonchev–Trinajstić information content (AvgIpc) is 2.16. The SMILES string of the molecule is N#Cc1cc(C#CCS)ccc1F. The van der Waals surface area contributed by atoms with Gasteiger partial charge in [-0.1, -0.05) is 11.8 Å². The van der Waals surface area contributed by atoms with E-state index in [-0.39, 0.29) is 5.56 Å². The molecule has 13 heavy (non-hydrogen) atoms. The molecule has 0 saturated heterocycles. The van der Waals surface area contributed by atoms with Crippen molar-refractivity contribution in [2.75, 3.05) is 5.75 Å². The first-order chi connectivity index (χ1) is 6.27. The normalized spacial score (nSPS) is 8.38. The van der Waals surface area contributed by atoms with Crippen molar-refractivity contribution in [1.29, 1.82) is 5.26 Å². The zero-order chi connectivity index (χ0) is 9.68. The lowest BCUT2D eigenvalue weighted by molar-refractivity contribution is 0.624. The zero-order valence-electron chi connectivity index (χ0n) is 6.71. The highest BCUT2D eigenvalue weighted by atomic mass is 32.1. The molecule has 0 spiro atoms. The molecule has 1 nitrogen and oxygen atoms in total. The maximum Gasteiger partial charge on any atom is 0.141 e. The van der Waals surface area contributed by atoms with Gasteiger partial charge in [-0.2, -0.15) is 17.9 Å².